The van der Waals surface area contributed by atoms with Crippen LogP contribution in [0.4, 0.5) is 0 Å². The minimum absolute atomic E-state index is 0.0380. The lowest BCUT2D eigenvalue weighted by atomic mass is 9.93. The largest absolute Gasteiger partial charge is 0.457 e. The Kier molecular flexibility index (Phi) is 24.5. The fraction of sp³-hybridized carbons (Fsp3) is 0.393. The van der Waals surface area contributed by atoms with E-state index < -0.39 is 147 Å². The van der Waals surface area contributed by atoms with E-state index in [4.69, 9.17) is 80.5 Å². The number of hydrogen-bond donors (Lipinski definition) is 0. The Morgan fingerprint density at radius 2 is 0.705 bits per heavy atom. The molecule has 550 valence electrons. The number of rotatable bonds is 28. The molecular formula is C84H89NO20. The quantitative estimate of drug-likeness (QED) is 0.0329. The van der Waals surface area contributed by atoms with E-state index in [9.17, 15) is 4.79 Å². The van der Waals surface area contributed by atoms with Crippen molar-refractivity contribution >= 4 is 17.8 Å². The van der Waals surface area contributed by atoms with Crippen molar-refractivity contribution in [3.05, 3.63) is 287 Å². The molecule has 8 aromatic carbocycles. The average molecular weight is 1430 g/mol. The maximum atomic E-state index is 15.4. The van der Waals surface area contributed by atoms with Gasteiger partial charge in [-0.1, -0.05) is 224 Å². The summed E-state index contributed by atoms with van der Waals surface area (Å²) in [7, 11) is 1.53. The summed E-state index contributed by atoms with van der Waals surface area (Å²) < 4.78 is 120. The molecule has 0 aliphatic carbocycles. The number of carbonyl (C=O) groups excluding carboxylic acids is 3. The second-order valence-corrected chi connectivity index (χ2v) is 27.0. The van der Waals surface area contributed by atoms with Crippen molar-refractivity contribution in [3.63, 3.8) is 0 Å². The Bertz CT molecular complexity index is 4010. The summed E-state index contributed by atoms with van der Waals surface area (Å²) in [6.07, 6.45) is -22.8. The standard InChI is InChI=1S/C84H89NO20/c1-52-67(90-45-56-29-13-6-14-30-56)72(93-48-59-35-19-9-20-36-59)75(94-49-60-37-21-10-22-38-60)83(98-52)104-74-69(92-47-58-33-17-8-18-34-58)54(3)99-84(103-73-68(91-46-57-31-15-7-16-32-57)53(2)97-82(89-5)76(73)95-50-61-39-23-11-24-40-61)77(74)105-81-66(85-78(87)63-43-27-28-44-64(63)79(85)88)71(100-55(4)86)70-65(101-81)51-96-80(102-70)62-41-25-12-26-42-62/h6-44,52-54,65-77,80-84H,45-51H2,1-5H3/t52-,53-,54-,65+,66+,67-,68-,69-,70+,71+,72+,73+,74+,75+,76+,77+,80?,81-,82+,83-,84-/m0/s1. The highest BCUT2D eigenvalue weighted by Crippen LogP contribution is 2.44. The summed E-state index contributed by atoms with van der Waals surface area (Å²) in [4.78, 5) is 45.9. The molecule has 6 aliphatic heterocycles. The molecule has 6 aliphatic rings. The van der Waals surface area contributed by atoms with Gasteiger partial charge < -0.3 is 80.5 Å². The minimum atomic E-state index is -1.75. The Labute approximate surface area is 611 Å². The van der Waals surface area contributed by atoms with Gasteiger partial charge in [0.25, 0.3) is 11.8 Å². The maximum absolute atomic E-state index is 15.4. The van der Waals surface area contributed by atoms with Gasteiger partial charge in [-0.15, -0.1) is 0 Å². The number of amides is 2. The molecule has 8 aromatic rings. The molecule has 0 N–H and O–H groups in total. The van der Waals surface area contributed by atoms with Crippen LogP contribution in [-0.4, -0.2) is 159 Å². The normalized spacial score (nSPS) is 31.0. The predicted molar refractivity (Wildman–Crippen MR) is 380 cm³/mol. The third kappa shape index (κ3) is 17.4. The number of hydrogen-bond acceptors (Lipinski definition) is 20. The lowest BCUT2D eigenvalue weighted by molar-refractivity contribution is -0.412. The Morgan fingerprint density at radius 3 is 1.11 bits per heavy atom. The number of esters is 1. The number of methoxy groups -OCH3 is 1. The van der Waals surface area contributed by atoms with Gasteiger partial charge in [0.05, 0.1) is 75.7 Å². The molecule has 0 aromatic heterocycles. The molecule has 0 saturated carbocycles. The van der Waals surface area contributed by atoms with E-state index in [0.29, 0.717) is 5.56 Å². The van der Waals surface area contributed by atoms with Crippen LogP contribution in [0.2, 0.25) is 0 Å². The van der Waals surface area contributed by atoms with Crippen LogP contribution in [0.3, 0.4) is 0 Å². The molecule has 105 heavy (non-hydrogen) atoms. The lowest BCUT2D eigenvalue weighted by Gasteiger charge is -2.54. The SMILES string of the molecule is CO[C@@H]1O[C@@H](C)[C@H](OCc2ccccc2)[C@@H](O[C@@H]2O[C@@H](C)[C@H](OCc3ccccc3)[C@@H](O[C@@H]3O[C@@H](C)[C@H](OCc4ccccc4)[C@@H](OCc4ccccc4)[C@H]3OCc3ccccc3)[C@H]2O[C@@H]2O[C@@H]3COC(c4ccccc4)O[C@H]3[C@H](OC(C)=O)[C@H]2N2C(=O)c3ccccc3C2=O)[C@H]1OCc1ccccc1. The third-order valence-electron chi connectivity index (χ3n) is 19.8. The van der Waals surface area contributed by atoms with Gasteiger partial charge in [0.1, 0.15) is 73.2 Å². The zero-order valence-electron chi connectivity index (χ0n) is 59.2. The van der Waals surface area contributed by atoms with Gasteiger partial charge in [-0.05, 0) is 66.3 Å². The molecular weight excluding hydrogens is 1340 g/mol. The first-order valence-electron chi connectivity index (χ1n) is 35.9. The molecule has 5 saturated heterocycles. The highest BCUT2D eigenvalue weighted by atomic mass is 16.8. The van der Waals surface area contributed by atoms with Crippen LogP contribution in [0.25, 0.3) is 0 Å². The highest BCUT2D eigenvalue weighted by Gasteiger charge is 2.62. The molecule has 14 rings (SSSR count). The zero-order valence-corrected chi connectivity index (χ0v) is 59.2. The molecule has 1 unspecified atom stereocenters. The van der Waals surface area contributed by atoms with Crippen molar-refractivity contribution < 1.29 is 94.9 Å². The zero-order chi connectivity index (χ0) is 72.2. The molecule has 21 heteroatoms. The van der Waals surface area contributed by atoms with E-state index in [2.05, 4.69) is 0 Å². The molecule has 21 nitrogen and oxygen atoms in total. The molecule has 0 bridgehead atoms. The maximum Gasteiger partial charge on any atom is 0.303 e. The first-order valence-corrected chi connectivity index (χ1v) is 35.9. The van der Waals surface area contributed by atoms with E-state index in [1.807, 2.05) is 233 Å². The van der Waals surface area contributed by atoms with Crippen LogP contribution in [0.1, 0.15) is 93.6 Å². The van der Waals surface area contributed by atoms with Crippen LogP contribution < -0.4 is 0 Å². The number of carbonyl (C=O) groups is 3. The third-order valence-corrected chi connectivity index (χ3v) is 19.8. The second-order valence-electron chi connectivity index (χ2n) is 27.0. The number of fused-ring (bicyclic) bond motifs is 2. The topological polar surface area (TPSA) is 211 Å². The summed E-state index contributed by atoms with van der Waals surface area (Å²) in [5.74, 6) is -2.15. The first kappa shape index (κ1) is 73.6. The van der Waals surface area contributed by atoms with Crippen molar-refractivity contribution in [1.29, 1.82) is 0 Å². The number of benzene rings is 8. The van der Waals surface area contributed by atoms with Gasteiger partial charge in [0.2, 0.25) is 0 Å². The van der Waals surface area contributed by atoms with Gasteiger partial charge in [-0.25, -0.2) is 0 Å². The van der Waals surface area contributed by atoms with Crippen LogP contribution >= 0.6 is 0 Å². The molecule has 6 heterocycles. The Morgan fingerprint density at radius 1 is 0.371 bits per heavy atom. The van der Waals surface area contributed by atoms with Gasteiger partial charge in [-0.2, -0.15) is 0 Å². The fourth-order valence-electron chi connectivity index (χ4n) is 14.6. The fourth-order valence-corrected chi connectivity index (χ4v) is 14.6. The van der Waals surface area contributed by atoms with Crippen LogP contribution in [-0.2, 0) is 125 Å². The number of imide groups is 1. The van der Waals surface area contributed by atoms with Crippen molar-refractivity contribution in [1.82, 2.24) is 4.90 Å². The van der Waals surface area contributed by atoms with Gasteiger partial charge in [0, 0.05) is 19.6 Å². The number of nitrogens with zero attached hydrogens (tertiary/aromatic N) is 1. The van der Waals surface area contributed by atoms with Crippen LogP contribution in [0, 0.1) is 0 Å². The van der Waals surface area contributed by atoms with Gasteiger partial charge >= 0.3 is 5.97 Å². The van der Waals surface area contributed by atoms with E-state index in [-0.39, 0.29) is 57.4 Å². The van der Waals surface area contributed by atoms with E-state index in [1.54, 1.807) is 24.3 Å². The average Bonchev–Trinajstić information content (AvgIpc) is 1.71. The van der Waals surface area contributed by atoms with Crippen molar-refractivity contribution in [3.8, 4) is 0 Å². The van der Waals surface area contributed by atoms with Gasteiger partial charge in [0.15, 0.2) is 37.6 Å². The second kappa shape index (κ2) is 35.0. The Balaban J connectivity index is 0.928. The van der Waals surface area contributed by atoms with Crippen molar-refractivity contribution in [2.75, 3.05) is 13.7 Å². The van der Waals surface area contributed by atoms with E-state index in [1.165, 1.54) is 14.0 Å². The van der Waals surface area contributed by atoms with Crippen LogP contribution in [0.5, 0.6) is 0 Å². The molecule has 2 amide bonds. The van der Waals surface area contributed by atoms with E-state index in [0.717, 1.165) is 38.3 Å². The smallest absolute Gasteiger partial charge is 0.303 e. The highest BCUT2D eigenvalue weighted by molar-refractivity contribution is 6.21. The van der Waals surface area contributed by atoms with Gasteiger partial charge in [-0.3, -0.25) is 19.3 Å². The summed E-state index contributed by atoms with van der Waals surface area (Å²) in [5.41, 5.74) is 6.10. The van der Waals surface area contributed by atoms with Crippen LogP contribution in [0.15, 0.2) is 237 Å². The monoisotopic (exact) mass is 1430 g/mol. The van der Waals surface area contributed by atoms with Crippen molar-refractivity contribution in [2.24, 2.45) is 0 Å². The Hall–Kier alpha value is -8.27. The summed E-state index contributed by atoms with van der Waals surface area (Å²) >= 11 is 0. The molecule has 5 fully saturated rings. The summed E-state index contributed by atoms with van der Waals surface area (Å²) in [5, 5.41) is 0. The lowest BCUT2D eigenvalue weighted by Crippen LogP contribution is -2.71. The summed E-state index contributed by atoms with van der Waals surface area (Å²) in [6.45, 7) is 7.43. The first-order chi connectivity index (χ1) is 51.4. The molecule has 21 atom stereocenters. The minimum Gasteiger partial charge on any atom is -0.457 e. The molecule has 0 radical (unpaired) electrons. The summed E-state index contributed by atoms with van der Waals surface area (Å²) in [6, 6.07) is 72.6. The van der Waals surface area contributed by atoms with E-state index >= 15 is 9.59 Å². The predicted octanol–water partition coefficient (Wildman–Crippen LogP) is 12.0. The number of ether oxygens (including phenoxy) is 17. The van der Waals surface area contributed by atoms with Crippen molar-refractivity contribution in [2.45, 2.75) is 196 Å². The molecule has 0 spiro atoms.